The lowest BCUT2D eigenvalue weighted by Crippen LogP contribution is -2.56. The van der Waals surface area contributed by atoms with Gasteiger partial charge in [0.1, 0.15) is 11.6 Å². The number of likely N-dealkylation sites (tertiary alicyclic amines) is 1. The van der Waals surface area contributed by atoms with Crippen LogP contribution >= 0.6 is 0 Å². The first kappa shape index (κ1) is 24.8. The molecule has 3 amide bonds. The second-order valence-electron chi connectivity index (χ2n) is 12.2. The summed E-state index contributed by atoms with van der Waals surface area (Å²) in [6, 6.07) is -0.415. The van der Waals surface area contributed by atoms with Gasteiger partial charge in [0.25, 0.3) is 0 Å². The smallest absolute Gasteiger partial charge is 0.246 e. The molecule has 194 valence electrons. The van der Waals surface area contributed by atoms with Crippen LogP contribution in [0.15, 0.2) is 12.2 Å². The number of rotatable bonds is 7. The number of fused-ring (bicyclic) bond motifs is 1. The van der Waals surface area contributed by atoms with Crippen molar-refractivity contribution in [1.29, 1.82) is 0 Å². The molecule has 3 heterocycles. The highest BCUT2D eigenvalue weighted by atomic mass is 16.5. The number of amides is 3. The maximum Gasteiger partial charge on any atom is 0.246 e. The molecule has 0 radical (unpaired) electrons. The summed E-state index contributed by atoms with van der Waals surface area (Å²) in [6.07, 6.45) is 15.5. The van der Waals surface area contributed by atoms with Crippen molar-refractivity contribution in [1.82, 2.24) is 15.5 Å². The van der Waals surface area contributed by atoms with E-state index in [0.29, 0.717) is 12.5 Å². The van der Waals surface area contributed by atoms with Crippen molar-refractivity contribution < 1.29 is 19.1 Å². The predicted octanol–water partition coefficient (Wildman–Crippen LogP) is 3.47. The predicted molar refractivity (Wildman–Crippen MR) is 133 cm³/mol. The van der Waals surface area contributed by atoms with Crippen molar-refractivity contribution in [3.63, 3.8) is 0 Å². The summed E-state index contributed by atoms with van der Waals surface area (Å²) < 4.78 is 6.63. The van der Waals surface area contributed by atoms with Gasteiger partial charge in [0.05, 0.1) is 17.4 Å². The van der Waals surface area contributed by atoms with Gasteiger partial charge in [-0.25, -0.2) is 0 Å². The minimum absolute atomic E-state index is 0.0962. The van der Waals surface area contributed by atoms with Crippen LogP contribution in [0.5, 0.6) is 0 Å². The van der Waals surface area contributed by atoms with Gasteiger partial charge in [-0.3, -0.25) is 14.4 Å². The van der Waals surface area contributed by atoms with Gasteiger partial charge >= 0.3 is 0 Å². The van der Waals surface area contributed by atoms with Gasteiger partial charge in [0, 0.05) is 18.6 Å². The van der Waals surface area contributed by atoms with Crippen molar-refractivity contribution in [3.8, 4) is 0 Å². The Balaban J connectivity index is 1.43. The molecule has 2 N–H and O–H groups in total. The molecule has 5 rings (SSSR count). The van der Waals surface area contributed by atoms with Crippen LogP contribution in [0.3, 0.4) is 0 Å². The van der Waals surface area contributed by atoms with E-state index >= 15 is 0 Å². The Hall–Kier alpha value is -1.89. The van der Waals surface area contributed by atoms with E-state index in [9.17, 15) is 14.4 Å². The average molecular weight is 486 g/mol. The van der Waals surface area contributed by atoms with Gasteiger partial charge in [-0.2, -0.15) is 0 Å². The van der Waals surface area contributed by atoms with Gasteiger partial charge < -0.3 is 20.3 Å². The van der Waals surface area contributed by atoms with Crippen LogP contribution in [0.4, 0.5) is 0 Å². The summed E-state index contributed by atoms with van der Waals surface area (Å²) in [5.74, 6) is -1.20. The molecule has 5 atom stereocenters. The highest BCUT2D eigenvalue weighted by molar-refractivity contribution is 6.00. The largest absolute Gasteiger partial charge is 0.356 e. The number of carbonyl (C=O) groups excluding carboxylic acids is 3. The van der Waals surface area contributed by atoms with E-state index < -0.39 is 29.1 Å². The molecule has 35 heavy (non-hydrogen) atoms. The highest BCUT2D eigenvalue weighted by Crippen LogP contribution is 2.59. The van der Waals surface area contributed by atoms with E-state index in [0.717, 1.165) is 57.8 Å². The summed E-state index contributed by atoms with van der Waals surface area (Å²) in [5, 5.41) is 6.52. The SMILES string of the molecule is CC(C)CCN1C(=O)[C@H]2[C@@H](C(=O)NC3CCCCC3)[C@@]3(C)C=C[C@@]2(O3)[C@@H]1C(=O)NC1CCCCC1. The zero-order chi connectivity index (χ0) is 24.8. The van der Waals surface area contributed by atoms with Crippen LogP contribution in [0.1, 0.15) is 91.4 Å². The third-order valence-corrected chi connectivity index (χ3v) is 9.18. The Bertz CT molecular complexity index is 875. The standard InChI is InChI=1S/C28H43N3O4/c1-18(2)14-17-31-23(25(33)30-20-12-8-5-9-13-20)28-16-15-27(3,35-28)21(22(28)26(31)34)24(32)29-19-10-6-4-7-11-19/h15-16,18-23H,4-14,17H2,1-3H3,(H,29,32)(H,30,33)/t21-,22+,23-,27+,28-/m0/s1. The fourth-order valence-corrected chi connectivity index (χ4v) is 7.33. The molecule has 0 aromatic rings. The number of nitrogens with zero attached hydrogens (tertiary/aromatic N) is 1. The molecule has 0 unspecified atom stereocenters. The molecule has 2 aliphatic carbocycles. The zero-order valence-corrected chi connectivity index (χ0v) is 21.7. The summed E-state index contributed by atoms with van der Waals surface area (Å²) in [4.78, 5) is 43.2. The minimum atomic E-state index is -1.07. The molecule has 1 spiro atoms. The fourth-order valence-electron chi connectivity index (χ4n) is 7.33. The van der Waals surface area contributed by atoms with Crippen LogP contribution in [-0.2, 0) is 19.1 Å². The molecule has 3 aliphatic heterocycles. The van der Waals surface area contributed by atoms with E-state index in [1.807, 2.05) is 19.1 Å². The third-order valence-electron chi connectivity index (χ3n) is 9.18. The number of ether oxygens (including phenoxy) is 1. The molecular weight excluding hydrogens is 442 g/mol. The zero-order valence-electron chi connectivity index (χ0n) is 21.7. The highest BCUT2D eigenvalue weighted by Gasteiger charge is 2.76. The second-order valence-corrected chi connectivity index (χ2v) is 12.2. The quantitative estimate of drug-likeness (QED) is 0.541. The number of nitrogens with one attached hydrogen (secondary N) is 2. The maximum atomic E-state index is 14.0. The van der Waals surface area contributed by atoms with Gasteiger partial charge in [-0.15, -0.1) is 0 Å². The maximum absolute atomic E-state index is 14.0. The van der Waals surface area contributed by atoms with Gasteiger partial charge in [0.15, 0.2) is 0 Å². The summed E-state index contributed by atoms with van der Waals surface area (Å²) in [5.41, 5.74) is -1.94. The van der Waals surface area contributed by atoms with Crippen molar-refractivity contribution in [3.05, 3.63) is 12.2 Å². The Labute approximate surface area is 209 Å². The van der Waals surface area contributed by atoms with Crippen molar-refractivity contribution in [2.24, 2.45) is 17.8 Å². The minimum Gasteiger partial charge on any atom is -0.356 e. The first-order valence-corrected chi connectivity index (χ1v) is 14.1. The third kappa shape index (κ3) is 4.32. The summed E-state index contributed by atoms with van der Waals surface area (Å²) in [7, 11) is 0. The first-order chi connectivity index (χ1) is 16.7. The Morgan fingerprint density at radius 1 is 0.971 bits per heavy atom. The van der Waals surface area contributed by atoms with E-state index in [1.165, 1.54) is 12.8 Å². The van der Waals surface area contributed by atoms with Gasteiger partial charge in [-0.1, -0.05) is 64.5 Å². The molecule has 7 nitrogen and oxygen atoms in total. The second kappa shape index (κ2) is 9.53. The van der Waals surface area contributed by atoms with Crippen molar-refractivity contribution in [2.45, 2.75) is 121 Å². The molecule has 2 saturated carbocycles. The fraction of sp³-hybridized carbons (Fsp3) is 0.821. The summed E-state index contributed by atoms with van der Waals surface area (Å²) in [6.45, 7) is 6.66. The monoisotopic (exact) mass is 485 g/mol. The topological polar surface area (TPSA) is 87.7 Å². The van der Waals surface area contributed by atoms with Crippen LogP contribution in [0.2, 0.25) is 0 Å². The van der Waals surface area contributed by atoms with E-state index in [2.05, 4.69) is 24.5 Å². The summed E-state index contributed by atoms with van der Waals surface area (Å²) >= 11 is 0. The van der Waals surface area contributed by atoms with Crippen LogP contribution in [-0.4, -0.2) is 58.5 Å². The lowest BCUT2D eigenvalue weighted by atomic mass is 9.70. The van der Waals surface area contributed by atoms with Crippen molar-refractivity contribution >= 4 is 17.7 Å². The van der Waals surface area contributed by atoms with Gasteiger partial charge in [-0.05, 0) is 44.9 Å². The molecule has 2 bridgehead atoms. The molecule has 0 aromatic heterocycles. The molecular formula is C28H43N3O4. The van der Waals surface area contributed by atoms with Crippen LogP contribution in [0, 0.1) is 17.8 Å². The van der Waals surface area contributed by atoms with Gasteiger partial charge in [0.2, 0.25) is 17.7 Å². The molecule has 7 heteroatoms. The Morgan fingerprint density at radius 2 is 1.54 bits per heavy atom. The molecule has 5 aliphatic rings. The van der Waals surface area contributed by atoms with E-state index in [1.54, 1.807) is 4.90 Å². The van der Waals surface area contributed by atoms with E-state index in [4.69, 9.17) is 4.74 Å². The normalized spacial score (nSPS) is 37.2. The molecule has 0 aromatic carbocycles. The number of carbonyl (C=O) groups is 3. The average Bonchev–Trinajstić information content (AvgIpc) is 3.39. The molecule has 4 fully saturated rings. The lowest BCUT2D eigenvalue weighted by Gasteiger charge is -2.35. The number of hydrogen-bond donors (Lipinski definition) is 2. The van der Waals surface area contributed by atoms with Crippen LogP contribution in [0.25, 0.3) is 0 Å². The Kier molecular flexibility index (Phi) is 6.75. The Morgan fingerprint density at radius 3 is 2.11 bits per heavy atom. The first-order valence-electron chi connectivity index (χ1n) is 14.1. The van der Waals surface area contributed by atoms with Crippen LogP contribution < -0.4 is 10.6 Å². The molecule has 2 saturated heterocycles. The lowest BCUT2D eigenvalue weighted by molar-refractivity contribution is -0.145. The van der Waals surface area contributed by atoms with E-state index in [-0.39, 0.29) is 29.8 Å². The van der Waals surface area contributed by atoms with Crippen molar-refractivity contribution in [2.75, 3.05) is 6.54 Å². The number of hydrogen-bond acceptors (Lipinski definition) is 4.